The minimum atomic E-state index is 0.0382. The fourth-order valence-electron chi connectivity index (χ4n) is 0.824. The van der Waals surface area contributed by atoms with Gasteiger partial charge in [0.2, 0.25) is 5.95 Å². The van der Waals surface area contributed by atoms with Crippen LogP contribution in [0.1, 0.15) is 5.69 Å². The van der Waals surface area contributed by atoms with E-state index in [9.17, 15) is 0 Å². The largest absolute Gasteiger partial charge is 0.395 e. The topological polar surface area (TPSA) is 70.1 Å². The zero-order chi connectivity index (χ0) is 10.4. The highest BCUT2D eigenvalue weighted by Crippen LogP contribution is 1.97. The molecule has 5 nitrogen and oxygen atoms in total. The normalized spacial score (nSPS) is 9.57. The first-order valence-electron chi connectivity index (χ1n) is 4.17. The highest BCUT2D eigenvalue weighted by atomic mass is 32.1. The third kappa shape index (κ3) is 3.63. The van der Waals surface area contributed by atoms with Crippen LogP contribution in [0.3, 0.4) is 0 Å². The second-order valence-electron chi connectivity index (χ2n) is 2.63. The Morgan fingerprint density at radius 1 is 1.64 bits per heavy atom. The van der Waals surface area contributed by atoms with Crippen molar-refractivity contribution in [3.05, 3.63) is 18.0 Å². The van der Waals surface area contributed by atoms with Crippen LogP contribution in [-0.4, -0.2) is 33.3 Å². The summed E-state index contributed by atoms with van der Waals surface area (Å²) in [6.45, 7) is 2.32. The first-order chi connectivity index (χ1) is 6.72. The zero-order valence-corrected chi connectivity index (χ0v) is 8.64. The molecule has 6 heteroatoms. The first kappa shape index (κ1) is 10.8. The van der Waals surface area contributed by atoms with Crippen molar-refractivity contribution in [1.82, 2.24) is 15.3 Å². The third-order valence-corrected chi connectivity index (χ3v) is 1.66. The van der Waals surface area contributed by atoms with E-state index in [1.165, 1.54) is 0 Å². The van der Waals surface area contributed by atoms with Gasteiger partial charge in [-0.05, 0) is 25.2 Å². The van der Waals surface area contributed by atoms with Crippen LogP contribution in [0.4, 0.5) is 5.95 Å². The van der Waals surface area contributed by atoms with Gasteiger partial charge in [-0.15, -0.1) is 0 Å². The maximum Gasteiger partial charge on any atom is 0.229 e. The van der Waals surface area contributed by atoms with E-state index in [1.54, 1.807) is 12.3 Å². The molecule has 14 heavy (non-hydrogen) atoms. The Bertz CT molecular complexity index is 318. The van der Waals surface area contributed by atoms with Crippen molar-refractivity contribution in [1.29, 1.82) is 0 Å². The molecule has 0 aliphatic carbocycles. The number of nitrogens with zero attached hydrogens (tertiary/aromatic N) is 2. The number of anilines is 1. The SMILES string of the molecule is Cc1ccnc(NC(=S)NCCO)n1. The number of aryl methyl sites for hydroxylation is 1. The van der Waals surface area contributed by atoms with Crippen LogP contribution in [0.15, 0.2) is 12.3 Å². The highest BCUT2D eigenvalue weighted by Gasteiger charge is 1.98. The number of rotatable bonds is 3. The predicted octanol–water partition coefficient (Wildman–Crippen LogP) is 0.0637. The van der Waals surface area contributed by atoms with Crippen molar-refractivity contribution < 1.29 is 5.11 Å². The van der Waals surface area contributed by atoms with Crippen molar-refractivity contribution in [3.63, 3.8) is 0 Å². The lowest BCUT2D eigenvalue weighted by atomic mass is 10.5. The number of hydrogen-bond acceptors (Lipinski definition) is 4. The minimum Gasteiger partial charge on any atom is -0.395 e. The Balaban J connectivity index is 2.47. The minimum absolute atomic E-state index is 0.0382. The molecule has 1 rings (SSSR count). The Morgan fingerprint density at radius 3 is 3.07 bits per heavy atom. The molecule has 0 unspecified atom stereocenters. The number of aliphatic hydroxyl groups is 1. The molecule has 0 aromatic carbocycles. The van der Waals surface area contributed by atoms with Crippen molar-refractivity contribution in [2.75, 3.05) is 18.5 Å². The number of aliphatic hydroxyl groups excluding tert-OH is 1. The van der Waals surface area contributed by atoms with Gasteiger partial charge in [0.05, 0.1) is 6.61 Å². The molecule has 0 radical (unpaired) electrons. The molecule has 0 amide bonds. The van der Waals surface area contributed by atoms with Gasteiger partial charge in [-0.3, -0.25) is 0 Å². The molecule has 1 heterocycles. The maximum atomic E-state index is 8.54. The number of hydrogen-bond donors (Lipinski definition) is 3. The van der Waals surface area contributed by atoms with E-state index in [0.29, 0.717) is 17.6 Å². The second-order valence-corrected chi connectivity index (χ2v) is 3.03. The third-order valence-electron chi connectivity index (χ3n) is 1.42. The summed E-state index contributed by atoms with van der Waals surface area (Å²) < 4.78 is 0. The molecule has 3 N–H and O–H groups in total. The number of aromatic nitrogens is 2. The van der Waals surface area contributed by atoms with E-state index in [-0.39, 0.29) is 6.61 Å². The summed E-state index contributed by atoms with van der Waals surface area (Å²) in [4.78, 5) is 8.08. The lowest BCUT2D eigenvalue weighted by Crippen LogP contribution is -2.31. The van der Waals surface area contributed by atoms with Crippen LogP contribution in [0.2, 0.25) is 0 Å². The Morgan fingerprint density at radius 2 is 2.43 bits per heavy atom. The molecule has 1 aromatic heterocycles. The van der Waals surface area contributed by atoms with Gasteiger partial charge in [-0.2, -0.15) is 0 Å². The smallest absolute Gasteiger partial charge is 0.229 e. The van der Waals surface area contributed by atoms with Crippen LogP contribution < -0.4 is 10.6 Å². The van der Waals surface area contributed by atoms with Gasteiger partial charge in [-0.1, -0.05) is 0 Å². The molecule has 0 saturated carbocycles. The standard InChI is InChI=1S/C8H12N4OS/c1-6-2-3-9-7(11-6)12-8(14)10-4-5-13/h2-3,13H,4-5H2,1H3,(H2,9,10,11,12,14). The average Bonchev–Trinajstić information content (AvgIpc) is 2.15. The van der Waals surface area contributed by atoms with Gasteiger partial charge in [0.1, 0.15) is 0 Å². The van der Waals surface area contributed by atoms with Crippen LogP contribution in [0, 0.1) is 6.92 Å². The number of nitrogens with one attached hydrogen (secondary N) is 2. The number of thiocarbonyl (C=S) groups is 1. The van der Waals surface area contributed by atoms with E-state index in [1.807, 2.05) is 6.92 Å². The Labute approximate surface area is 87.6 Å². The lowest BCUT2D eigenvalue weighted by Gasteiger charge is -2.07. The lowest BCUT2D eigenvalue weighted by molar-refractivity contribution is 0.300. The Hall–Kier alpha value is -1.27. The summed E-state index contributed by atoms with van der Waals surface area (Å²) in [5.41, 5.74) is 0.868. The second kappa shape index (κ2) is 5.46. The summed E-state index contributed by atoms with van der Waals surface area (Å²) >= 11 is 4.93. The van der Waals surface area contributed by atoms with Gasteiger partial charge >= 0.3 is 0 Å². The van der Waals surface area contributed by atoms with Crippen LogP contribution in [-0.2, 0) is 0 Å². The quantitative estimate of drug-likeness (QED) is 0.616. The highest BCUT2D eigenvalue weighted by molar-refractivity contribution is 7.80. The fraction of sp³-hybridized carbons (Fsp3) is 0.375. The van der Waals surface area contributed by atoms with Crippen molar-refractivity contribution in [2.45, 2.75) is 6.92 Å². The zero-order valence-electron chi connectivity index (χ0n) is 7.82. The molecule has 0 spiro atoms. The average molecular weight is 212 g/mol. The van der Waals surface area contributed by atoms with Crippen molar-refractivity contribution in [3.8, 4) is 0 Å². The first-order valence-corrected chi connectivity index (χ1v) is 4.58. The summed E-state index contributed by atoms with van der Waals surface area (Å²) in [6.07, 6.45) is 1.65. The van der Waals surface area contributed by atoms with E-state index >= 15 is 0 Å². The van der Waals surface area contributed by atoms with Crippen LogP contribution >= 0.6 is 12.2 Å². The van der Waals surface area contributed by atoms with Gasteiger partial charge < -0.3 is 15.7 Å². The molecule has 1 aromatic rings. The molecular weight excluding hydrogens is 200 g/mol. The fourth-order valence-corrected chi connectivity index (χ4v) is 1.02. The van der Waals surface area contributed by atoms with E-state index in [2.05, 4.69) is 20.6 Å². The van der Waals surface area contributed by atoms with Crippen LogP contribution in [0.25, 0.3) is 0 Å². The molecule has 0 atom stereocenters. The van der Waals surface area contributed by atoms with E-state index < -0.39 is 0 Å². The van der Waals surface area contributed by atoms with Gasteiger partial charge in [-0.25, -0.2) is 9.97 Å². The molecule has 0 saturated heterocycles. The van der Waals surface area contributed by atoms with Crippen molar-refractivity contribution >= 4 is 23.3 Å². The van der Waals surface area contributed by atoms with Crippen LogP contribution in [0.5, 0.6) is 0 Å². The Kier molecular flexibility index (Phi) is 4.21. The molecule has 76 valence electrons. The van der Waals surface area contributed by atoms with Crippen molar-refractivity contribution in [2.24, 2.45) is 0 Å². The predicted molar refractivity (Wildman–Crippen MR) is 58.1 cm³/mol. The summed E-state index contributed by atoms with van der Waals surface area (Å²) in [7, 11) is 0. The molecule has 0 aliphatic heterocycles. The van der Waals surface area contributed by atoms with E-state index in [0.717, 1.165) is 5.69 Å². The van der Waals surface area contributed by atoms with Gasteiger partial charge in [0, 0.05) is 18.4 Å². The van der Waals surface area contributed by atoms with Gasteiger partial charge in [0.25, 0.3) is 0 Å². The molecular formula is C8H12N4OS. The maximum absolute atomic E-state index is 8.54. The molecule has 0 bridgehead atoms. The molecule has 0 fully saturated rings. The molecule has 0 aliphatic rings. The van der Waals surface area contributed by atoms with Gasteiger partial charge in [0.15, 0.2) is 5.11 Å². The summed E-state index contributed by atoms with van der Waals surface area (Å²) in [5.74, 6) is 0.459. The monoisotopic (exact) mass is 212 g/mol. The summed E-state index contributed by atoms with van der Waals surface area (Å²) in [6, 6.07) is 1.80. The summed E-state index contributed by atoms with van der Waals surface area (Å²) in [5, 5.41) is 14.5. The van der Waals surface area contributed by atoms with E-state index in [4.69, 9.17) is 17.3 Å².